The number of carbonyl (C=O) groups excluding carboxylic acids is 6. The van der Waals surface area contributed by atoms with E-state index in [0.717, 1.165) is 36.5 Å². The zero-order valence-corrected chi connectivity index (χ0v) is 23.2. The minimum Gasteiger partial charge on any atom is -0.462 e. The van der Waals surface area contributed by atoms with Crippen molar-refractivity contribution in [3.63, 3.8) is 0 Å². The van der Waals surface area contributed by atoms with Gasteiger partial charge in [0.05, 0.1) is 24.0 Å². The van der Waals surface area contributed by atoms with Gasteiger partial charge in [0.25, 0.3) is 0 Å². The maximum atomic E-state index is 11.1. The minimum atomic E-state index is -1.28. The summed E-state index contributed by atoms with van der Waals surface area (Å²) in [6, 6.07) is 0. The van der Waals surface area contributed by atoms with E-state index in [1.807, 2.05) is 0 Å². The number of esters is 6. The molecule has 42 heavy (non-hydrogen) atoms. The van der Waals surface area contributed by atoms with Gasteiger partial charge in [-0.05, 0) is 0 Å². The predicted molar refractivity (Wildman–Crippen MR) is 146 cm³/mol. The van der Waals surface area contributed by atoms with E-state index in [9.17, 15) is 39.0 Å². The summed E-state index contributed by atoms with van der Waals surface area (Å²) in [5.74, 6) is -4.34. The van der Waals surface area contributed by atoms with Crippen LogP contribution in [0.15, 0.2) is 75.9 Å². The summed E-state index contributed by atoms with van der Waals surface area (Å²) < 4.78 is 29.0. The Labute approximate surface area is 243 Å². The Morgan fingerprint density at radius 2 is 0.548 bits per heavy atom. The molecular weight excluding hydrogens is 560 g/mol. The Morgan fingerprint density at radius 1 is 0.405 bits per heavy atom. The Morgan fingerprint density at radius 3 is 0.643 bits per heavy atom. The summed E-state index contributed by atoms with van der Waals surface area (Å²) in [5.41, 5.74) is -2.56. The first-order valence-electron chi connectivity index (χ1n) is 11.8. The molecule has 14 nitrogen and oxygen atoms in total. The molecule has 232 valence electrons. The molecule has 0 rings (SSSR count). The number of hydrogen-bond donors (Lipinski definition) is 2. The van der Waals surface area contributed by atoms with E-state index < -0.39 is 59.9 Å². The Kier molecular flexibility index (Phi) is 20.5. The fourth-order valence-corrected chi connectivity index (χ4v) is 2.22. The summed E-state index contributed by atoms with van der Waals surface area (Å²) in [5, 5.41) is 19.0. The van der Waals surface area contributed by atoms with Gasteiger partial charge in [0.1, 0.15) is 39.6 Å². The van der Waals surface area contributed by atoms with Crippen LogP contribution in [0, 0.1) is 10.8 Å². The number of carbonyl (C=O) groups is 6. The normalized spacial score (nSPS) is 10.1. The second-order valence-corrected chi connectivity index (χ2v) is 8.19. The molecule has 0 aromatic rings. The van der Waals surface area contributed by atoms with Crippen molar-refractivity contribution in [3.8, 4) is 0 Å². The van der Waals surface area contributed by atoms with E-state index >= 15 is 0 Å². The van der Waals surface area contributed by atoms with Crippen molar-refractivity contribution in [1.29, 1.82) is 0 Å². The van der Waals surface area contributed by atoms with Crippen LogP contribution in [0.4, 0.5) is 0 Å². The maximum Gasteiger partial charge on any atom is 0.330 e. The fraction of sp³-hybridized carbons (Fsp3) is 0.357. The SMILES string of the molecule is C=CC(=O)OCC(CO)(COC(=O)C=C)COC(=O)C=C.C=CC(=O)OCC(CO)(COC(=O)C=C)COC(=O)C=C. The molecule has 0 aliphatic heterocycles. The average molecular weight is 597 g/mol. The van der Waals surface area contributed by atoms with Crippen molar-refractivity contribution >= 4 is 35.8 Å². The van der Waals surface area contributed by atoms with E-state index in [4.69, 9.17) is 28.4 Å². The van der Waals surface area contributed by atoms with Crippen LogP contribution in [-0.4, -0.2) is 98.9 Å². The van der Waals surface area contributed by atoms with Gasteiger partial charge < -0.3 is 38.6 Å². The van der Waals surface area contributed by atoms with Gasteiger partial charge in [0, 0.05) is 36.5 Å². The quantitative estimate of drug-likeness (QED) is 0.111. The fourth-order valence-electron chi connectivity index (χ4n) is 2.22. The zero-order chi connectivity index (χ0) is 32.6. The molecule has 2 N–H and O–H groups in total. The molecule has 14 heteroatoms. The number of aliphatic hydroxyl groups is 2. The summed E-state index contributed by atoms with van der Waals surface area (Å²) in [7, 11) is 0. The lowest BCUT2D eigenvalue weighted by atomic mass is 9.92. The number of rotatable bonds is 20. The molecule has 0 aliphatic rings. The molecule has 0 aromatic heterocycles. The monoisotopic (exact) mass is 596 g/mol. The van der Waals surface area contributed by atoms with Crippen LogP contribution in [0.2, 0.25) is 0 Å². The lowest BCUT2D eigenvalue weighted by molar-refractivity contribution is -0.161. The molecule has 0 bridgehead atoms. The molecule has 0 aliphatic carbocycles. The van der Waals surface area contributed by atoms with E-state index in [1.54, 1.807) is 0 Å². The molecule has 0 atom stereocenters. The molecule has 0 fully saturated rings. The van der Waals surface area contributed by atoms with E-state index in [0.29, 0.717) is 0 Å². The average Bonchev–Trinajstić information content (AvgIpc) is 3.03. The van der Waals surface area contributed by atoms with E-state index in [1.165, 1.54) is 0 Å². The highest BCUT2D eigenvalue weighted by molar-refractivity contribution is 5.83. The van der Waals surface area contributed by atoms with E-state index in [2.05, 4.69) is 39.5 Å². The van der Waals surface area contributed by atoms with Gasteiger partial charge in [0.2, 0.25) is 0 Å². The summed E-state index contributed by atoms with van der Waals surface area (Å²) >= 11 is 0. The minimum absolute atomic E-state index is 0.330. The topological polar surface area (TPSA) is 198 Å². The molecule has 0 radical (unpaired) electrons. The van der Waals surface area contributed by atoms with Crippen molar-refractivity contribution < 1.29 is 67.4 Å². The van der Waals surface area contributed by atoms with Crippen molar-refractivity contribution in [2.24, 2.45) is 10.8 Å². The standard InChI is InChI=1S/2C14H18O7/c2*1-4-11(16)19-8-14(7-15,9-20-12(17)5-2)10-21-13(18)6-3/h2*4-6,15H,1-3,7-10H2. The smallest absolute Gasteiger partial charge is 0.330 e. The van der Waals surface area contributed by atoms with Crippen molar-refractivity contribution in [2.45, 2.75) is 0 Å². The summed E-state index contributed by atoms with van der Waals surface area (Å²) in [4.78, 5) is 66.6. The third-order valence-electron chi connectivity index (χ3n) is 4.79. The van der Waals surface area contributed by atoms with Crippen molar-refractivity contribution in [3.05, 3.63) is 75.9 Å². The van der Waals surface area contributed by atoms with Crippen LogP contribution in [-0.2, 0) is 57.2 Å². The highest BCUT2D eigenvalue weighted by Gasteiger charge is 2.36. The largest absolute Gasteiger partial charge is 0.462 e. The van der Waals surface area contributed by atoms with Crippen LogP contribution in [0.1, 0.15) is 0 Å². The third-order valence-corrected chi connectivity index (χ3v) is 4.79. The first-order valence-corrected chi connectivity index (χ1v) is 11.8. The first-order chi connectivity index (χ1) is 19.8. The molecule has 0 spiro atoms. The summed E-state index contributed by atoms with van der Waals surface area (Å²) in [6.45, 7) is 16.3. The molecule has 0 unspecified atom stereocenters. The number of ether oxygens (including phenoxy) is 6. The van der Waals surface area contributed by atoms with Gasteiger partial charge in [-0.25, -0.2) is 28.8 Å². The third kappa shape index (κ3) is 17.0. The lowest BCUT2D eigenvalue weighted by Crippen LogP contribution is -2.42. The molecule has 0 heterocycles. The predicted octanol–water partition coefficient (Wildman–Crippen LogP) is 0.305. The summed E-state index contributed by atoms with van der Waals surface area (Å²) in [6.07, 6.45) is 5.63. The van der Waals surface area contributed by atoms with Gasteiger partial charge in [-0.2, -0.15) is 0 Å². The molecule has 0 amide bonds. The molecule has 0 saturated heterocycles. The second-order valence-electron chi connectivity index (χ2n) is 8.19. The molecule has 0 saturated carbocycles. The van der Waals surface area contributed by atoms with Gasteiger partial charge in [0.15, 0.2) is 0 Å². The Bertz CT molecular complexity index is 810. The van der Waals surface area contributed by atoms with Gasteiger partial charge in [-0.3, -0.25) is 0 Å². The van der Waals surface area contributed by atoms with Crippen LogP contribution >= 0.6 is 0 Å². The maximum absolute atomic E-state index is 11.1. The van der Waals surface area contributed by atoms with Crippen LogP contribution in [0.3, 0.4) is 0 Å². The Balaban J connectivity index is 0. The molecular formula is C28H36O14. The van der Waals surface area contributed by atoms with E-state index in [-0.39, 0.29) is 39.6 Å². The first kappa shape index (κ1) is 39.3. The van der Waals surface area contributed by atoms with Gasteiger partial charge in [-0.15, -0.1) is 0 Å². The number of hydrogen-bond acceptors (Lipinski definition) is 14. The van der Waals surface area contributed by atoms with Crippen LogP contribution < -0.4 is 0 Å². The van der Waals surface area contributed by atoms with Crippen LogP contribution in [0.25, 0.3) is 0 Å². The van der Waals surface area contributed by atoms with Crippen LogP contribution in [0.5, 0.6) is 0 Å². The highest BCUT2D eigenvalue weighted by atomic mass is 16.6. The second kappa shape index (κ2) is 21.9. The van der Waals surface area contributed by atoms with Crippen molar-refractivity contribution in [2.75, 3.05) is 52.9 Å². The van der Waals surface area contributed by atoms with Gasteiger partial charge >= 0.3 is 35.8 Å². The van der Waals surface area contributed by atoms with Crippen molar-refractivity contribution in [1.82, 2.24) is 0 Å². The lowest BCUT2D eigenvalue weighted by Gasteiger charge is -2.29. The highest BCUT2D eigenvalue weighted by Crippen LogP contribution is 2.20. The zero-order valence-electron chi connectivity index (χ0n) is 23.2. The van der Waals surface area contributed by atoms with Gasteiger partial charge in [-0.1, -0.05) is 39.5 Å². The number of aliphatic hydroxyl groups excluding tert-OH is 2. The molecule has 0 aromatic carbocycles. The Hall–Kier alpha value is -4.82.